The van der Waals surface area contributed by atoms with Crippen LogP contribution in [0.3, 0.4) is 0 Å². The summed E-state index contributed by atoms with van der Waals surface area (Å²) in [7, 11) is 0. The molecule has 10 heteroatoms. The molecule has 1 aliphatic heterocycles. The van der Waals surface area contributed by atoms with Crippen molar-refractivity contribution in [1.82, 2.24) is 9.88 Å². The van der Waals surface area contributed by atoms with Crippen LogP contribution in [0.2, 0.25) is 0 Å². The molecule has 0 unspecified atom stereocenters. The lowest BCUT2D eigenvalue weighted by Crippen LogP contribution is -2.55. The van der Waals surface area contributed by atoms with Gasteiger partial charge in [-0.25, -0.2) is 0 Å². The van der Waals surface area contributed by atoms with Crippen LogP contribution in [0.5, 0.6) is 0 Å². The molecule has 2 heterocycles. The lowest BCUT2D eigenvalue weighted by atomic mass is 9.97. The zero-order valence-corrected chi connectivity index (χ0v) is 12.6. The van der Waals surface area contributed by atoms with Gasteiger partial charge in [-0.2, -0.15) is 26.3 Å². The minimum absolute atomic E-state index is 0.0810. The molecule has 1 fully saturated rings. The topological polar surface area (TPSA) is 45.2 Å². The van der Waals surface area contributed by atoms with Crippen LogP contribution in [0.4, 0.5) is 32.0 Å². The minimum atomic E-state index is -4.61. The third-order valence-electron chi connectivity index (χ3n) is 3.79. The van der Waals surface area contributed by atoms with Gasteiger partial charge < -0.3 is 10.2 Å². The van der Waals surface area contributed by atoms with E-state index in [1.807, 2.05) is 0 Å². The van der Waals surface area contributed by atoms with Crippen molar-refractivity contribution in [1.29, 1.82) is 0 Å². The van der Waals surface area contributed by atoms with Gasteiger partial charge >= 0.3 is 12.4 Å². The first-order chi connectivity index (χ1) is 11.0. The molecule has 1 aliphatic rings. The molecule has 2 atom stereocenters. The van der Waals surface area contributed by atoms with Gasteiger partial charge in [0.05, 0.1) is 0 Å². The Morgan fingerprint density at radius 3 is 2.46 bits per heavy atom. The Labute approximate surface area is 133 Å². The van der Waals surface area contributed by atoms with E-state index in [1.54, 1.807) is 0 Å². The van der Waals surface area contributed by atoms with Crippen LogP contribution < -0.4 is 5.32 Å². The van der Waals surface area contributed by atoms with E-state index >= 15 is 0 Å². The van der Waals surface area contributed by atoms with E-state index in [0.29, 0.717) is 4.90 Å². The number of carbonyl (C=O) groups is 1. The minimum Gasteiger partial charge on any atom is -0.380 e. The van der Waals surface area contributed by atoms with Crippen LogP contribution in [0.25, 0.3) is 0 Å². The Kier molecular flexibility index (Phi) is 4.95. The molecule has 134 valence electrons. The number of carbonyl (C=O) groups excluding carboxylic acids is 1. The van der Waals surface area contributed by atoms with E-state index in [-0.39, 0.29) is 25.1 Å². The van der Waals surface area contributed by atoms with E-state index < -0.39 is 36.0 Å². The maximum atomic E-state index is 12.9. The number of rotatable bonds is 2. The quantitative estimate of drug-likeness (QED) is 0.827. The molecule has 0 spiro atoms. The first kappa shape index (κ1) is 18.3. The number of hydrogen-bond acceptors (Lipinski definition) is 3. The summed E-state index contributed by atoms with van der Waals surface area (Å²) >= 11 is 0. The summed E-state index contributed by atoms with van der Waals surface area (Å²) < 4.78 is 76.7. The highest BCUT2D eigenvalue weighted by molar-refractivity contribution is 5.74. The Bertz CT molecular complexity index is 601. The normalized spacial score (nSPS) is 22.4. The van der Waals surface area contributed by atoms with Crippen molar-refractivity contribution in [3.8, 4) is 0 Å². The number of anilines is 1. The largest absolute Gasteiger partial charge is 0.433 e. The molecule has 0 aromatic carbocycles. The van der Waals surface area contributed by atoms with E-state index in [0.717, 1.165) is 19.2 Å². The summed E-state index contributed by atoms with van der Waals surface area (Å²) in [5.74, 6) is -0.727. The zero-order valence-electron chi connectivity index (χ0n) is 12.6. The number of amides is 1. The Hall–Kier alpha value is -2.00. The molecule has 0 bridgehead atoms. The molecule has 0 aliphatic carbocycles. The molecule has 1 amide bonds. The van der Waals surface area contributed by atoms with E-state index in [4.69, 9.17) is 0 Å². The van der Waals surface area contributed by atoms with Gasteiger partial charge in [0.25, 0.3) is 0 Å². The first-order valence-electron chi connectivity index (χ1n) is 7.12. The van der Waals surface area contributed by atoms with Gasteiger partial charge in [0.2, 0.25) is 5.91 Å². The van der Waals surface area contributed by atoms with Gasteiger partial charge in [0.1, 0.15) is 11.7 Å². The molecule has 24 heavy (non-hydrogen) atoms. The molecule has 4 nitrogen and oxygen atoms in total. The van der Waals surface area contributed by atoms with Gasteiger partial charge in [-0.15, -0.1) is 0 Å². The molecule has 1 aromatic rings. The molecule has 2 rings (SSSR count). The number of nitrogens with zero attached hydrogens (tertiary/aromatic N) is 2. The fraction of sp³-hybridized carbons (Fsp3) is 0.571. The van der Waals surface area contributed by atoms with E-state index in [9.17, 15) is 31.1 Å². The third-order valence-corrected chi connectivity index (χ3v) is 3.79. The highest BCUT2D eigenvalue weighted by atomic mass is 19.4. The molecular formula is C14H15F6N3O. The molecule has 0 radical (unpaired) electrons. The second-order valence-electron chi connectivity index (χ2n) is 5.57. The van der Waals surface area contributed by atoms with Gasteiger partial charge in [-0.1, -0.05) is 0 Å². The summed E-state index contributed by atoms with van der Waals surface area (Å²) in [5.41, 5.74) is -1.00. The predicted octanol–water partition coefficient (Wildman–Crippen LogP) is 3.45. The summed E-state index contributed by atoms with van der Waals surface area (Å²) in [6, 6.07) is -0.357. The molecule has 0 saturated carbocycles. The van der Waals surface area contributed by atoms with Gasteiger partial charge in [0.15, 0.2) is 0 Å². The standard InChI is InChI=1S/C14H15F6N3O/c1-8(24)23-7-10(2-3-12(23)14(18,19)20)22-9-4-5-21-11(6-9)13(15,16)17/h4-6,10,12H,2-3,7H2,1H3,(H,21,22)/t10-,12+/m1/s1. The molecular weight excluding hydrogens is 340 g/mol. The fourth-order valence-electron chi connectivity index (χ4n) is 2.69. The lowest BCUT2D eigenvalue weighted by Gasteiger charge is -2.40. The number of aromatic nitrogens is 1. The maximum Gasteiger partial charge on any atom is 0.433 e. The second kappa shape index (κ2) is 6.48. The second-order valence-corrected chi connectivity index (χ2v) is 5.57. The number of likely N-dealkylation sites (tertiary alicyclic amines) is 1. The van der Waals surface area contributed by atoms with E-state index in [1.165, 1.54) is 6.07 Å². The number of nitrogens with one attached hydrogen (secondary N) is 1. The highest BCUT2D eigenvalue weighted by Gasteiger charge is 2.47. The van der Waals surface area contributed by atoms with Gasteiger partial charge in [0, 0.05) is 31.4 Å². The van der Waals surface area contributed by atoms with Crippen LogP contribution in [0.15, 0.2) is 18.3 Å². The summed E-state index contributed by atoms with van der Waals surface area (Å²) in [6.07, 6.45) is -8.40. The Morgan fingerprint density at radius 2 is 1.92 bits per heavy atom. The van der Waals surface area contributed by atoms with Crippen molar-refractivity contribution < 1.29 is 31.1 Å². The van der Waals surface area contributed by atoms with Crippen molar-refractivity contribution in [2.75, 3.05) is 11.9 Å². The Morgan fingerprint density at radius 1 is 1.25 bits per heavy atom. The number of piperidine rings is 1. The number of hydrogen-bond donors (Lipinski definition) is 1. The van der Waals surface area contributed by atoms with Crippen LogP contribution >= 0.6 is 0 Å². The molecule has 1 N–H and O–H groups in total. The fourth-order valence-corrected chi connectivity index (χ4v) is 2.69. The maximum absolute atomic E-state index is 12.9. The van der Waals surface area contributed by atoms with Crippen LogP contribution in [0, 0.1) is 0 Å². The van der Waals surface area contributed by atoms with Crippen LogP contribution in [-0.4, -0.2) is 40.6 Å². The number of pyridine rings is 1. The lowest BCUT2D eigenvalue weighted by molar-refractivity contribution is -0.195. The van der Waals surface area contributed by atoms with Crippen molar-refractivity contribution in [2.24, 2.45) is 0 Å². The molecule has 1 aromatic heterocycles. The zero-order chi connectivity index (χ0) is 18.1. The highest BCUT2D eigenvalue weighted by Crippen LogP contribution is 2.33. The summed E-state index contributed by atoms with van der Waals surface area (Å²) in [4.78, 5) is 15.4. The van der Waals surface area contributed by atoms with Crippen molar-refractivity contribution in [3.63, 3.8) is 0 Å². The van der Waals surface area contributed by atoms with E-state index in [2.05, 4.69) is 10.3 Å². The van der Waals surface area contributed by atoms with Gasteiger partial charge in [-0.05, 0) is 25.0 Å². The van der Waals surface area contributed by atoms with Crippen LogP contribution in [0.1, 0.15) is 25.5 Å². The van der Waals surface area contributed by atoms with Crippen molar-refractivity contribution in [2.45, 2.75) is 44.2 Å². The first-order valence-corrected chi connectivity index (χ1v) is 7.12. The summed E-state index contributed by atoms with van der Waals surface area (Å²) in [6.45, 7) is 0.804. The third kappa shape index (κ3) is 4.30. The van der Waals surface area contributed by atoms with Crippen molar-refractivity contribution >= 4 is 11.6 Å². The average Bonchev–Trinajstić information content (AvgIpc) is 2.45. The smallest absolute Gasteiger partial charge is 0.380 e. The van der Waals surface area contributed by atoms with Crippen LogP contribution in [-0.2, 0) is 11.0 Å². The Balaban J connectivity index is 2.11. The SMILES string of the molecule is CC(=O)N1C[C@H](Nc2ccnc(C(F)(F)F)c2)CC[C@H]1C(F)(F)F. The van der Waals surface area contributed by atoms with Gasteiger partial charge in [-0.3, -0.25) is 9.78 Å². The van der Waals surface area contributed by atoms with Crippen molar-refractivity contribution in [3.05, 3.63) is 24.0 Å². The number of alkyl halides is 6. The average molecular weight is 355 g/mol. The molecule has 1 saturated heterocycles. The number of halogens is 6. The monoisotopic (exact) mass is 355 g/mol. The predicted molar refractivity (Wildman–Crippen MR) is 73.1 cm³/mol. The summed E-state index contributed by atoms with van der Waals surface area (Å²) in [5, 5.41) is 2.75.